The van der Waals surface area contributed by atoms with E-state index in [-0.39, 0.29) is 5.92 Å². The summed E-state index contributed by atoms with van der Waals surface area (Å²) in [7, 11) is 0. The maximum Gasteiger partial charge on any atom is 0.0795 e. The van der Waals surface area contributed by atoms with Crippen LogP contribution in [0.4, 0.5) is 0 Å². The lowest BCUT2D eigenvalue weighted by atomic mass is 10.1. The largest absolute Gasteiger partial charge is 0.248 e. The van der Waals surface area contributed by atoms with Crippen molar-refractivity contribution in [3.8, 4) is 12.3 Å². The molecule has 0 aliphatic rings. The molecule has 0 unspecified atom stereocenters. The average Bonchev–Trinajstić information content (AvgIpc) is 2.37. The third kappa shape index (κ3) is 1.30. The number of nitrogens with zero attached hydrogens (tertiary/aromatic N) is 1. The van der Waals surface area contributed by atoms with Gasteiger partial charge in [-0.1, -0.05) is 5.92 Å². The summed E-state index contributed by atoms with van der Waals surface area (Å²) in [5.74, 6) is 2.77. The second kappa shape index (κ2) is 2.65. The Hall–Kier alpha value is -0.810. The highest BCUT2D eigenvalue weighted by molar-refractivity contribution is 7.07. The van der Waals surface area contributed by atoms with Crippen molar-refractivity contribution < 1.29 is 0 Å². The maximum absolute atomic E-state index is 5.18. The lowest BCUT2D eigenvalue weighted by Gasteiger charge is -1.94. The Bertz CT molecular complexity index is 207. The molecule has 2 heteroatoms. The minimum Gasteiger partial charge on any atom is -0.248 e. The van der Waals surface area contributed by atoms with Crippen LogP contribution in [0.15, 0.2) is 10.9 Å². The van der Waals surface area contributed by atoms with Crippen molar-refractivity contribution in [1.29, 1.82) is 0 Å². The number of terminal acetylenes is 1. The van der Waals surface area contributed by atoms with E-state index in [1.54, 1.807) is 16.8 Å². The second-order valence-corrected chi connectivity index (χ2v) is 2.52. The average molecular weight is 137 g/mol. The summed E-state index contributed by atoms with van der Waals surface area (Å²) in [5, 5.41) is 1.98. The van der Waals surface area contributed by atoms with Gasteiger partial charge in [0.25, 0.3) is 0 Å². The van der Waals surface area contributed by atoms with Crippen LogP contribution < -0.4 is 0 Å². The highest BCUT2D eigenvalue weighted by atomic mass is 32.1. The third-order valence-electron chi connectivity index (χ3n) is 1.15. The van der Waals surface area contributed by atoms with Crippen LogP contribution in [0.1, 0.15) is 18.5 Å². The van der Waals surface area contributed by atoms with Gasteiger partial charge in [-0.15, -0.1) is 17.8 Å². The van der Waals surface area contributed by atoms with Crippen LogP contribution in [-0.2, 0) is 0 Å². The Morgan fingerprint density at radius 1 is 1.89 bits per heavy atom. The van der Waals surface area contributed by atoms with Crippen LogP contribution in [0.25, 0.3) is 0 Å². The molecule has 0 fully saturated rings. The van der Waals surface area contributed by atoms with E-state index < -0.39 is 0 Å². The van der Waals surface area contributed by atoms with Crippen LogP contribution in [0.2, 0.25) is 0 Å². The van der Waals surface area contributed by atoms with Crippen molar-refractivity contribution in [1.82, 2.24) is 4.98 Å². The summed E-state index contributed by atoms with van der Waals surface area (Å²) in [6, 6.07) is 0. The summed E-state index contributed by atoms with van der Waals surface area (Å²) < 4.78 is 0. The molecule has 0 N–H and O–H groups in total. The molecule has 0 amide bonds. The first kappa shape index (κ1) is 6.31. The number of aromatic nitrogens is 1. The van der Waals surface area contributed by atoms with Gasteiger partial charge in [0.1, 0.15) is 0 Å². The highest BCUT2D eigenvalue weighted by Gasteiger charge is 2.00. The molecule has 1 heterocycles. The fraction of sp³-hybridized carbons (Fsp3) is 0.286. The van der Waals surface area contributed by atoms with E-state index in [1.165, 1.54) is 0 Å². The number of hydrogen-bond acceptors (Lipinski definition) is 2. The molecule has 0 aromatic carbocycles. The molecule has 0 bridgehead atoms. The van der Waals surface area contributed by atoms with E-state index in [0.717, 1.165) is 5.69 Å². The Morgan fingerprint density at radius 2 is 2.67 bits per heavy atom. The van der Waals surface area contributed by atoms with E-state index in [2.05, 4.69) is 10.9 Å². The summed E-state index contributed by atoms with van der Waals surface area (Å²) >= 11 is 1.58. The summed E-state index contributed by atoms with van der Waals surface area (Å²) in [6.45, 7) is 1.97. The van der Waals surface area contributed by atoms with Crippen LogP contribution in [0, 0.1) is 12.3 Å². The van der Waals surface area contributed by atoms with Crippen molar-refractivity contribution in [3.05, 3.63) is 16.6 Å². The normalized spacial score (nSPS) is 12.4. The minimum absolute atomic E-state index is 0.163. The molecule has 9 heavy (non-hydrogen) atoms. The third-order valence-corrected chi connectivity index (χ3v) is 1.75. The SMILES string of the molecule is C#C[C@H](C)c1cscn1. The van der Waals surface area contributed by atoms with Gasteiger partial charge >= 0.3 is 0 Å². The van der Waals surface area contributed by atoms with Gasteiger partial charge in [-0.3, -0.25) is 0 Å². The molecule has 0 radical (unpaired) electrons. The Morgan fingerprint density at radius 3 is 3.11 bits per heavy atom. The maximum atomic E-state index is 5.18. The Balaban J connectivity index is 2.80. The van der Waals surface area contributed by atoms with Gasteiger partial charge < -0.3 is 0 Å². The van der Waals surface area contributed by atoms with Gasteiger partial charge in [0.05, 0.1) is 17.1 Å². The second-order valence-electron chi connectivity index (χ2n) is 1.80. The summed E-state index contributed by atoms with van der Waals surface area (Å²) in [6.07, 6.45) is 5.18. The predicted octanol–water partition coefficient (Wildman–Crippen LogP) is 1.88. The van der Waals surface area contributed by atoms with Crippen LogP contribution >= 0.6 is 11.3 Å². The monoisotopic (exact) mass is 137 g/mol. The lowest BCUT2D eigenvalue weighted by molar-refractivity contribution is 0.954. The van der Waals surface area contributed by atoms with E-state index in [4.69, 9.17) is 6.42 Å². The fourth-order valence-corrected chi connectivity index (χ4v) is 1.17. The fourth-order valence-electron chi connectivity index (χ4n) is 0.521. The zero-order chi connectivity index (χ0) is 6.69. The highest BCUT2D eigenvalue weighted by Crippen LogP contribution is 2.12. The van der Waals surface area contributed by atoms with Crippen molar-refractivity contribution in [2.24, 2.45) is 0 Å². The molecule has 0 saturated heterocycles. The molecule has 46 valence electrons. The van der Waals surface area contributed by atoms with Gasteiger partial charge in [-0.25, -0.2) is 4.98 Å². The minimum atomic E-state index is 0.163. The van der Waals surface area contributed by atoms with Crippen molar-refractivity contribution in [2.45, 2.75) is 12.8 Å². The smallest absolute Gasteiger partial charge is 0.0795 e. The number of thiazole rings is 1. The van der Waals surface area contributed by atoms with Crippen LogP contribution in [-0.4, -0.2) is 4.98 Å². The van der Waals surface area contributed by atoms with E-state index in [0.29, 0.717) is 0 Å². The van der Waals surface area contributed by atoms with E-state index >= 15 is 0 Å². The number of rotatable bonds is 1. The molecule has 0 aliphatic heterocycles. The van der Waals surface area contributed by atoms with E-state index in [1.807, 2.05) is 12.3 Å². The van der Waals surface area contributed by atoms with Crippen LogP contribution in [0.5, 0.6) is 0 Å². The zero-order valence-electron chi connectivity index (χ0n) is 5.16. The molecule has 1 atom stereocenters. The van der Waals surface area contributed by atoms with Crippen molar-refractivity contribution in [3.63, 3.8) is 0 Å². The van der Waals surface area contributed by atoms with Gasteiger partial charge in [-0.05, 0) is 6.92 Å². The Kier molecular flexibility index (Phi) is 1.86. The van der Waals surface area contributed by atoms with E-state index in [9.17, 15) is 0 Å². The first-order valence-corrected chi connectivity index (χ1v) is 3.63. The van der Waals surface area contributed by atoms with Gasteiger partial charge in [0, 0.05) is 5.38 Å². The molecular formula is C7H7NS. The topological polar surface area (TPSA) is 12.9 Å². The molecule has 0 saturated carbocycles. The molecule has 1 aromatic heterocycles. The quantitative estimate of drug-likeness (QED) is 0.538. The zero-order valence-corrected chi connectivity index (χ0v) is 5.98. The molecule has 1 rings (SSSR count). The van der Waals surface area contributed by atoms with Gasteiger partial charge in [0.15, 0.2) is 0 Å². The molecule has 1 nitrogen and oxygen atoms in total. The molecule has 1 aromatic rings. The predicted molar refractivity (Wildman–Crippen MR) is 39.4 cm³/mol. The lowest BCUT2D eigenvalue weighted by Crippen LogP contribution is -1.86. The van der Waals surface area contributed by atoms with Crippen molar-refractivity contribution >= 4 is 11.3 Å². The van der Waals surface area contributed by atoms with Gasteiger partial charge in [0.2, 0.25) is 0 Å². The van der Waals surface area contributed by atoms with Crippen molar-refractivity contribution in [2.75, 3.05) is 0 Å². The number of hydrogen-bond donors (Lipinski definition) is 0. The molecular weight excluding hydrogens is 130 g/mol. The summed E-state index contributed by atoms with van der Waals surface area (Å²) in [4.78, 5) is 4.06. The Labute approximate surface area is 58.8 Å². The first-order valence-electron chi connectivity index (χ1n) is 2.69. The van der Waals surface area contributed by atoms with Gasteiger partial charge in [-0.2, -0.15) is 0 Å². The summed E-state index contributed by atoms with van der Waals surface area (Å²) in [5.41, 5.74) is 2.80. The first-order chi connectivity index (χ1) is 4.34. The van der Waals surface area contributed by atoms with Crippen LogP contribution in [0.3, 0.4) is 0 Å². The standard InChI is InChI=1S/C7H7NS/c1-3-6(2)7-4-9-5-8-7/h1,4-6H,2H3/t6-/m0/s1. The molecule has 0 spiro atoms. The molecule has 0 aliphatic carbocycles.